The number of nitrogens with zero attached hydrogens (tertiary/aromatic N) is 3. The average Bonchev–Trinajstić information content (AvgIpc) is 2.59. The Hall–Kier alpha value is -1.24. The molecule has 2 aromatic rings. The first kappa shape index (κ1) is 12.2. The second-order valence-electron chi connectivity index (χ2n) is 3.82. The van der Waals surface area contributed by atoms with E-state index in [1.807, 2.05) is 0 Å². The number of hydrogen-bond donors (Lipinski definition) is 1. The van der Waals surface area contributed by atoms with E-state index in [2.05, 4.69) is 31.3 Å². The lowest BCUT2D eigenvalue weighted by Crippen LogP contribution is -2.16. The van der Waals surface area contributed by atoms with Crippen LogP contribution in [0.3, 0.4) is 0 Å². The molecule has 0 amide bonds. The van der Waals surface area contributed by atoms with Crippen LogP contribution < -0.4 is 5.32 Å². The van der Waals surface area contributed by atoms with Crippen molar-refractivity contribution in [2.24, 2.45) is 0 Å². The quantitative estimate of drug-likeness (QED) is 0.944. The molecule has 0 saturated carbocycles. The van der Waals surface area contributed by atoms with E-state index in [-0.39, 0.29) is 13.0 Å². The maximum atomic E-state index is 12.6. The molecule has 0 fully saturated rings. The Bertz CT molecular complexity index is 520. The molecule has 4 nitrogen and oxygen atoms in total. The van der Waals surface area contributed by atoms with Crippen LogP contribution in [0.25, 0.3) is 5.65 Å². The van der Waals surface area contributed by atoms with E-state index in [1.165, 1.54) is 0 Å². The van der Waals surface area contributed by atoms with Crippen LogP contribution in [0.15, 0.2) is 22.9 Å². The van der Waals surface area contributed by atoms with Crippen molar-refractivity contribution in [1.29, 1.82) is 0 Å². The summed E-state index contributed by atoms with van der Waals surface area (Å²) in [6, 6.07) is 1.69. The van der Waals surface area contributed by atoms with Crippen molar-refractivity contribution >= 4 is 27.4 Å². The average molecular weight is 305 g/mol. The predicted molar refractivity (Wildman–Crippen MR) is 64.4 cm³/mol. The summed E-state index contributed by atoms with van der Waals surface area (Å²) in [7, 11) is 0. The van der Waals surface area contributed by atoms with Crippen LogP contribution in [0.1, 0.15) is 13.3 Å². The van der Waals surface area contributed by atoms with Gasteiger partial charge in [-0.3, -0.25) is 0 Å². The van der Waals surface area contributed by atoms with Crippen LogP contribution in [0.4, 0.5) is 14.6 Å². The number of aromatic nitrogens is 3. The normalized spacial score (nSPS) is 12.0. The molecule has 2 heterocycles. The summed E-state index contributed by atoms with van der Waals surface area (Å²) >= 11 is 3.31. The van der Waals surface area contributed by atoms with Gasteiger partial charge in [-0.05, 0) is 28.9 Å². The molecule has 0 aliphatic rings. The lowest BCUT2D eigenvalue weighted by Gasteiger charge is -2.10. The molecule has 0 aliphatic carbocycles. The third-order valence-electron chi connectivity index (χ3n) is 2.20. The second-order valence-corrected chi connectivity index (χ2v) is 4.67. The third-order valence-corrected chi connectivity index (χ3v) is 2.76. The first-order valence-corrected chi connectivity index (χ1v) is 5.86. The molecular weight excluding hydrogens is 294 g/mol. The summed E-state index contributed by atoms with van der Waals surface area (Å²) in [6.45, 7) is 1.08. The maximum Gasteiger partial charge on any atom is 0.247 e. The minimum Gasteiger partial charge on any atom is -0.370 e. The maximum absolute atomic E-state index is 12.6. The van der Waals surface area contributed by atoms with Gasteiger partial charge >= 0.3 is 0 Å². The predicted octanol–water partition coefficient (Wildman–Crippen LogP) is 2.95. The summed E-state index contributed by atoms with van der Waals surface area (Å²) in [5, 5.41) is 6.90. The molecule has 0 atom stereocenters. The molecule has 0 bridgehead atoms. The van der Waals surface area contributed by atoms with Crippen molar-refractivity contribution in [1.82, 2.24) is 14.6 Å². The summed E-state index contributed by atoms with van der Waals surface area (Å²) in [5.74, 6) is -2.10. The smallest absolute Gasteiger partial charge is 0.247 e. The zero-order valence-electron chi connectivity index (χ0n) is 9.12. The van der Waals surface area contributed by atoms with Crippen LogP contribution in [0.5, 0.6) is 0 Å². The largest absolute Gasteiger partial charge is 0.370 e. The lowest BCUT2D eigenvalue weighted by molar-refractivity contribution is 0.0167. The molecule has 0 unspecified atom stereocenters. The zero-order chi connectivity index (χ0) is 12.5. The van der Waals surface area contributed by atoms with E-state index in [0.29, 0.717) is 11.5 Å². The first-order valence-electron chi connectivity index (χ1n) is 5.07. The molecule has 0 aromatic carbocycles. The van der Waals surface area contributed by atoms with Crippen molar-refractivity contribution in [2.75, 3.05) is 11.9 Å². The molecule has 92 valence electrons. The highest BCUT2D eigenvalue weighted by Gasteiger charge is 2.19. The summed E-state index contributed by atoms with van der Waals surface area (Å²) in [4.78, 5) is 4.25. The van der Waals surface area contributed by atoms with Gasteiger partial charge in [-0.15, -0.1) is 0 Å². The van der Waals surface area contributed by atoms with Gasteiger partial charge < -0.3 is 5.32 Å². The van der Waals surface area contributed by atoms with Crippen LogP contribution >= 0.6 is 15.9 Å². The van der Waals surface area contributed by atoms with Gasteiger partial charge in [0.2, 0.25) is 5.92 Å². The Morgan fingerprint density at radius 2 is 2.29 bits per heavy atom. The Balaban J connectivity index is 2.06. The van der Waals surface area contributed by atoms with Crippen molar-refractivity contribution < 1.29 is 8.78 Å². The van der Waals surface area contributed by atoms with Crippen molar-refractivity contribution in [3.63, 3.8) is 0 Å². The Kier molecular flexibility index (Phi) is 3.28. The van der Waals surface area contributed by atoms with Crippen LogP contribution in [-0.2, 0) is 0 Å². The van der Waals surface area contributed by atoms with Gasteiger partial charge in [-0.1, -0.05) is 0 Å². The van der Waals surface area contributed by atoms with Gasteiger partial charge in [0.1, 0.15) is 5.82 Å². The summed E-state index contributed by atoms with van der Waals surface area (Å²) in [5.41, 5.74) is 0.651. The van der Waals surface area contributed by atoms with Gasteiger partial charge in [0, 0.05) is 19.2 Å². The fourth-order valence-electron chi connectivity index (χ4n) is 1.35. The minimum atomic E-state index is -2.66. The number of hydrogen-bond acceptors (Lipinski definition) is 3. The highest BCUT2D eigenvalue weighted by Crippen LogP contribution is 2.18. The van der Waals surface area contributed by atoms with Crippen LogP contribution in [0.2, 0.25) is 0 Å². The molecule has 0 aliphatic heterocycles. The Morgan fingerprint density at radius 3 is 3.00 bits per heavy atom. The Labute approximate surface area is 105 Å². The number of halogens is 3. The first-order chi connectivity index (χ1) is 7.96. The van der Waals surface area contributed by atoms with E-state index >= 15 is 0 Å². The van der Waals surface area contributed by atoms with Gasteiger partial charge in [-0.25, -0.2) is 18.3 Å². The molecule has 0 saturated heterocycles. The lowest BCUT2D eigenvalue weighted by atomic mass is 10.3. The summed E-state index contributed by atoms with van der Waals surface area (Å²) in [6.07, 6.45) is 3.13. The monoisotopic (exact) mass is 304 g/mol. The number of nitrogens with one attached hydrogen (secondary N) is 1. The number of anilines is 1. The molecular formula is C10H11BrF2N4. The molecule has 7 heteroatoms. The zero-order valence-corrected chi connectivity index (χ0v) is 10.7. The van der Waals surface area contributed by atoms with Crippen LogP contribution in [-0.4, -0.2) is 27.1 Å². The SMILES string of the molecule is CC(F)(F)CCNc1ccn2ncc(Br)c2n1. The summed E-state index contributed by atoms with van der Waals surface area (Å²) < 4.78 is 27.6. The van der Waals surface area contributed by atoms with Crippen LogP contribution in [0, 0.1) is 0 Å². The highest BCUT2D eigenvalue weighted by molar-refractivity contribution is 9.10. The van der Waals surface area contributed by atoms with E-state index in [9.17, 15) is 8.78 Å². The minimum absolute atomic E-state index is 0.179. The highest BCUT2D eigenvalue weighted by atomic mass is 79.9. The molecule has 2 rings (SSSR count). The standard InChI is InChI=1S/C10H11BrF2N4/c1-10(12,13)3-4-14-8-2-5-17-9(16-8)7(11)6-15-17/h2,5-6H,3-4H2,1H3,(H,14,16). The van der Waals surface area contributed by atoms with E-state index in [1.54, 1.807) is 23.0 Å². The Morgan fingerprint density at radius 1 is 1.53 bits per heavy atom. The fraction of sp³-hybridized carbons (Fsp3) is 0.400. The van der Waals surface area contributed by atoms with Gasteiger partial charge in [0.25, 0.3) is 0 Å². The van der Waals surface area contributed by atoms with Gasteiger partial charge in [-0.2, -0.15) is 5.10 Å². The number of rotatable bonds is 4. The fourth-order valence-corrected chi connectivity index (χ4v) is 1.71. The molecule has 1 N–H and O–H groups in total. The molecule has 0 radical (unpaired) electrons. The molecule has 2 aromatic heterocycles. The topological polar surface area (TPSA) is 42.2 Å². The van der Waals surface area contributed by atoms with Crippen molar-refractivity contribution in [2.45, 2.75) is 19.3 Å². The molecule has 17 heavy (non-hydrogen) atoms. The third kappa shape index (κ3) is 3.12. The van der Waals surface area contributed by atoms with Gasteiger partial charge in [0.15, 0.2) is 5.65 Å². The van der Waals surface area contributed by atoms with Crippen molar-refractivity contribution in [3.05, 3.63) is 22.9 Å². The number of alkyl halides is 2. The van der Waals surface area contributed by atoms with E-state index < -0.39 is 5.92 Å². The second kappa shape index (κ2) is 4.56. The van der Waals surface area contributed by atoms with E-state index in [0.717, 1.165) is 11.4 Å². The number of fused-ring (bicyclic) bond motifs is 1. The van der Waals surface area contributed by atoms with Gasteiger partial charge in [0.05, 0.1) is 10.7 Å². The van der Waals surface area contributed by atoms with E-state index in [4.69, 9.17) is 0 Å². The molecule has 0 spiro atoms. The van der Waals surface area contributed by atoms with Crippen molar-refractivity contribution in [3.8, 4) is 0 Å².